The van der Waals surface area contributed by atoms with Crippen LogP contribution in [0.25, 0.3) is 0 Å². The van der Waals surface area contributed by atoms with Gasteiger partial charge in [-0.1, -0.05) is 6.07 Å². The van der Waals surface area contributed by atoms with Gasteiger partial charge in [-0.15, -0.1) is 0 Å². The average molecular weight is 278 g/mol. The molecule has 1 aliphatic rings. The van der Waals surface area contributed by atoms with E-state index in [0.717, 1.165) is 0 Å². The van der Waals surface area contributed by atoms with E-state index in [9.17, 15) is 9.59 Å². The van der Waals surface area contributed by atoms with Gasteiger partial charge in [0.05, 0.1) is 13.0 Å². The summed E-state index contributed by atoms with van der Waals surface area (Å²) < 4.78 is 5.09. The molecule has 0 spiro atoms. The van der Waals surface area contributed by atoms with Crippen molar-refractivity contribution in [2.75, 3.05) is 25.5 Å². The van der Waals surface area contributed by atoms with Gasteiger partial charge in [0.15, 0.2) is 0 Å². The normalized spacial score (nSPS) is 15.8. The Hall–Kier alpha value is -2.24. The number of nitrogens with zero attached hydrogens (tertiary/aromatic N) is 1. The van der Waals surface area contributed by atoms with Gasteiger partial charge in [0, 0.05) is 24.8 Å². The number of hydrogen-bond donors (Lipinski definition) is 2. The molecule has 0 unspecified atom stereocenters. The number of anilines is 1. The Morgan fingerprint density at radius 3 is 2.65 bits per heavy atom. The standard InChI is InChI=1S/C14H18N2O4/c1-20-12-4-2-3-11(9-12)15-14(19)16-7-5-10(6-8-16)13(17)18/h2-4,9-10H,5-8H2,1H3,(H,15,19)(H,17,18). The number of benzene rings is 1. The third-order valence-electron chi connectivity index (χ3n) is 3.45. The lowest BCUT2D eigenvalue weighted by atomic mass is 9.97. The van der Waals surface area contributed by atoms with Crippen molar-refractivity contribution in [3.63, 3.8) is 0 Å². The highest BCUT2D eigenvalue weighted by Gasteiger charge is 2.26. The van der Waals surface area contributed by atoms with Crippen LogP contribution in [0.5, 0.6) is 5.75 Å². The van der Waals surface area contributed by atoms with Crippen molar-refractivity contribution in [3.8, 4) is 5.75 Å². The summed E-state index contributed by atoms with van der Waals surface area (Å²) in [6.45, 7) is 0.930. The molecule has 0 atom stereocenters. The van der Waals surface area contributed by atoms with Crippen molar-refractivity contribution in [2.45, 2.75) is 12.8 Å². The first-order valence-corrected chi connectivity index (χ1v) is 6.53. The highest BCUT2D eigenvalue weighted by Crippen LogP contribution is 2.20. The van der Waals surface area contributed by atoms with Gasteiger partial charge in [-0.05, 0) is 25.0 Å². The first-order chi connectivity index (χ1) is 9.60. The molecule has 108 valence electrons. The molecule has 1 aromatic carbocycles. The van der Waals surface area contributed by atoms with E-state index in [1.807, 2.05) is 0 Å². The Kier molecular flexibility index (Phi) is 4.45. The minimum absolute atomic E-state index is 0.206. The SMILES string of the molecule is COc1cccc(NC(=O)N2CCC(C(=O)O)CC2)c1. The number of rotatable bonds is 3. The fraction of sp³-hybridized carbons (Fsp3) is 0.429. The molecular weight excluding hydrogens is 260 g/mol. The second kappa shape index (κ2) is 6.27. The van der Waals surface area contributed by atoms with Crippen LogP contribution in [0.1, 0.15) is 12.8 Å². The first kappa shape index (κ1) is 14.2. The molecule has 0 saturated carbocycles. The van der Waals surface area contributed by atoms with E-state index in [4.69, 9.17) is 9.84 Å². The number of methoxy groups -OCH3 is 1. The monoisotopic (exact) mass is 278 g/mol. The van der Waals surface area contributed by atoms with Gasteiger partial charge in [0.25, 0.3) is 0 Å². The van der Waals surface area contributed by atoms with Gasteiger partial charge in [-0.2, -0.15) is 0 Å². The molecule has 0 aromatic heterocycles. The summed E-state index contributed by atoms with van der Waals surface area (Å²) in [5, 5.41) is 11.7. The first-order valence-electron chi connectivity index (χ1n) is 6.53. The quantitative estimate of drug-likeness (QED) is 0.886. The van der Waals surface area contributed by atoms with Crippen LogP contribution in [0.4, 0.5) is 10.5 Å². The fourth-order valence-electron chi connectivity index (χ4n) is 2.23. The molecule has 1 aromatic rings. The number of ether oxygens (including phenoxy) is 1. The van der Waals surface area contributed by atoms with Gasteiger partial charge in [0.2, 0.25) is 0 Å². The van der Waals surface area contributed by atoms with Gasteiger partial charge in [-0.3, -0.25) is 4.79 Å². The van der Waals surface area contributed by atoms with E-state index in [-0.39, 0.29) is 11.9 Å². The maximum atomic E-state index is 12.1. The Bertz CT molecular complexity index is 496. The molecule has 0 bridgehead atoms. The second-order valence-electron chi connectivity index (χ2n) is 4.76. The van der Waals surface area contributed by atoms with Crippen molar-refractivity contribution in [1.82, 2.24) is 4.90 Å². The second-order valence-corrected chi connectivity index (χ2v) is 4.76. The lowest BCUT2D eigenvalue weighted by Crippen LogP contribution is -2.42. The van der Waals surface area contributed by atoms with Gasteiger partial charge in [-0.25, -0.2) is 4.79 Å². The minimum atomic E-state index is -0.780. The zero-order chi connectivity index (χ0) is 14.5. The molecule has 6 heteroatoms. The van der Waals surface area contributed by atoms with Gasteiger partial charge < -0.3 is 20.1 Å². The number of amides is 2. The zero-order valence-corrected chi connectivity index (χ0v) is 11.3. The van der Waals surface area contributed by atoms with E-state index in [1.54, 1.807) is 36.3 Å². The number of aliphatic carboxylic acids is 1. The van der Waals surface area contributed by atoms with E-state index in [1.165, 1.54) is 0 Å². The number of piperidine rings is 1. The molecular formula is C14H18N2O4. The van der Waals surface area contributed by atoms with Crippen LogP contribution < -0.4 is 10.1 Å². The number of carboxylic acid groups (broad SMARTS) is 1. The molecule has 1 heterocycles. The van der Waals surface area contributed by atoms with Gasteiger partial charge in [0.1, 0.15) is 5.75 Å². The van der Waals surface area contributed by atoms with E-state index >= 15 is 0 Å². The summed E-state index contributed by atoms with van der Waals surface area (Å²) in [5.41, 5.74) is 0.662. The van der Waals surface area contributed by atoms with E-state index in [0.29, 0.717) is 37.4 Å². The summed E-state index contributed by atoms with van der Waals surface area (Å²) in [4.78, 5) is 24.6. The molecule has 2 amide bonds. The van der Waals surface area contributed by atoms with Crippen LogP contribution in [0.3, 0.4) is 0 Å². The number of carboxylic acids is 1. The predicted molar refractivity (Wildman–Crippen MR) is 73.9 cm³/mol. The van der Waals surface area contributed by atoms with Crippen LogP contribution in [-0.2, 0) is 4.79 Å². The number of hydrogen-bond acceptors (Lipinski definition) is 3. The summed E-state index contributed by atoms with van der Waals surface area (Å²) in [6.07, 6.45) is 1.00. The fourth-order valence-corrected chi connectivity index (χ4v) is 2.23. The van der Waals surface area contributed by atoms with Gasteiger partial charge >= 0.3 is 12.0 Å². The number of urea groups is 1. The highest BCUT2D eigenvalue weighted by molar-refractivity contribution is 5.89. The van der Waals surface area contributed by atoms with Crippen molar-refractivity contribution >= 4 is 17.7 Å². The van der Waals surface area contributed by atoms with Crippen molar-refractivity contribution in [3.05, 3.63) is 24.3 Å². The Labute approximate surface area is 117 Å². The van der Waals surface area contributed by atoms with E-state index in [2.05, 4.69) is 5.32 Å². The predicted octanol–water partition coefficient (Wildman–Crippen LogP) is 2.02. The Morgan fingerprint density at radius 2 is 2.05 bits per heavy atom. The Balaban J connectivity index is 1.91. The Morgan fingerprint density at radius 1 is 1.35 bits per heavy atom. The molecule has 1 saturated heterocycles. The smallest absolute Gasteiger partial charge is 0.321 e. The maximum absolute atomic E-state index is 12.1. The average Bonchev–Trinajstić information content (AvgIpc) is 2.47. The number of nitrogens with one attached hydrogen (secondary N) is 1. The lowest BCUT2D eigenvalue weighted by molar-refractivity contribution is -0.143. The molecule has 1 fully saturated rings. The topological polar surface area (TPSA) is 78.9 Å². The third-order valence-corrected chi connectivity index (χ3v) is 3.45. The van der Waals surface area contributed by atoms with Crippen molar-refractivity contribution in [1.29, 1.82) is 0 Å². The van der Waals surface area contributed by atoms with Crippen LogP contribution in [0.15, 0.2) is 24.3 Å². The molecule has 20 heavy (non-hydrogen) atoms. The molecule has 0 radical (unpaired) electrons. The number of carbonyl (C=O) groups excluding carboxylic acids is 1. The van der Waals surface area contributed by atoms with Crippen LogP contribution >= 0.6 is 0 Å². The summed E-state index contributed by atoms with van der Waals surface area (Å²) in [6, 6.07) is 6.91. The highest BCUT2D eigenvalue weighted by atomic mass is 16.5. The number of likely N-dealkylation sites (tertiary alicyclic amines) is 1. The minimum Gasteiger partial charge on any atom is -0.497 e. The summed E-state index contributed by atoms with van der Waals surface area (Å²) in [7, 11) is 1.57. The molecule has 2 rings (SSSR count). The molecule has 0 aliphatic carbocycles. The zero-order valence-electron chi connectivity index (χ0n) is 11.3. The van der Waals surface area contributed by atoms with Crippen LogP contribution in [0, 0.1) is 5.92 Å². The lowest BCUT2D eigenvalue weighted by Gasteiger charge is -2.30. The molecule has 2 N–H and O–H groups in total. The summed E-state index contributed by atoms with van der Waals surface area (Å²) >= 11 is 0. The maximum Gasteiger partial charge on any atom is 0.321 e. The molecule has 1 aliphatic heterocycles. The molecule has 6 nitrogen and oxygen atoms in total. The van der Waals surface area contributed by atoms with Crippen molar-refractivity contribution in [2.24, 2.45) is 5.92 Å². The summed E-state index contributed by atoms with van der Waals surface area (Å²) in [5.74, 6) is -0.443. The number of carbonyl (C=O) groups is 2. The largest absolute Gasteiger partial charge is 0.497 e. The van der Waals surface area contributed by atoms with Crippen LogP contribution in [0.2, 0.25) is 0 Å². The third kappa shape index (κ3) is 3.40. The van der Waals surface area contributed by atoms with Crippen LogP contribution in [-0.4, -0.2) is 42.2 Å². The van der Waals surface area contributed by atoms with Crippen molar-refractivity contribution < 1.29 is 19.4 Å². The van der Waals surface area contributed by atoms with E-state index < -0.39 is 5.97 Å².